The minimum absolute atomic E-state index is 0.379. The summed E-state index contributed by atoms with van der Waals surface area (Å²) in [5, 5.41) is 0. The summed E-state index contributed by atoms with van der Waals surface area (Å²) in [4.78, 5) is 11.4. The molecule has 0 amide bonds. The molecule has 0 heterocycles. The molecule has 0 aromatic heterocycles. The van der Waals surface area contributed by atoms with E-state index in [4.69, 9.17) is 11.2 Å². The fourth-order valence-corrected chi connectivity index (χ4v) is 0.952. The van der Waals surface area contributed by atoms with Crippen molar-refractivity contribution in [2.75, 3.05) is 0 Å². The average molecular weight is 188 g/mol. The molecule has 1 aromatic rings. The number of hydrogen-bond acceptors (Lipinski definition) is 2. The van der Waals surface area contributed by atoms with Crippen LogP contribution in [0.1, 0.15) is 22.8 Å². The highest BCUT2D eigenvalue weighted by atomic mass is 16.5. The molecule has 0 radical (unpaired) electrons. The zero-order valence-corrected chi connectivity index (χ0v) is 8.28. The molecular weight excluding hydrogens is 176 g/mol. The van der Waals surface area contributed by atoms with Gasteiger partial charge in [-0.05, 0) is 26.0 Å². The Labute approximate surface area is 83.9 Å². The Hall–Kier alpha value is -1.75. The Balaban J connectivity index is 2.71. The van der Waals surface area contributed by atoms with Crippen molar-refractivity contribution >= 4 is 5.97 Å². The highest BCUT2D eigenvalue weighted by Crippen LogP contribution is 2.06. The van der Waals surface area contributed by atoms with Crippen LogP contribution in [0.2, 0.25) is 0 Å². The van der Waals surface area contributed by atoms with Crippen LogP contribution in [0.15, 0.2) is 24.3 Å². The van der Waals surface area contributed by atoms with E-state index < -0.39 is 6.10 Å². The van der Waals surface area contributed by atoms with Gasteiger partial charge in [0.05, 0.1) is 5.56 Å². The number of ether oxygens (including phenoxy) is 1. The van der Waals surface area contributed by atoms with Crippen LogP contribution in [0.4, 0.5) is 0 Å². The smallest absolute Gasteiger partial charge is 0.339 e. The first-order valence-corrected chi connectivity index (χ1v) is 4.37. The van der Waals surface area contributed by atoms with Crippen LogP contribution in [-0.2, 0) is 4.74 Å². The number of benzene rings is 1. The van der Waals surface area contributed by atoms with E-state index in [1.807, 2.05) is 19.1 Å². The van der Waals surface area contributed by atoms with Crippen molar-refractivity contribution in [3.8, 4) is 12.3 Å². The number of carbonyl (C=O) groups is 1. The molecule has 0 fully saturated rings. The van der Waals surface area contributed by atoms with Gasteiger partial charge in [0, 0.05) is 0 Å². The molecule has 0 saturated carbocycles. The predicted octanol–water partition coefficient (Wildman–Crippen LogP) is 2.17. The molecule has 2 nitrogen and oxygen atoms in total. The molecule has 2 heteroatoms. The number of esters is 1. The summed E-state index contributed by atoms with van der Waals surface area (Å²) >= 11 is 0. The highest BCUT2D eigenvalue weighted by molar-refractivity contribution is 5.89. The van der Waals surface area contributed by atoms with Crippen molar-refractivity contribution in [2.45, 2.75) is 20.0 Å². The van der Waals surface area contributed by atoms with Gasteiger partial charge >= 0.3 is 5.97 Å². The Bertz CT molecular complexity index is 357. The maximum absolute atomic E-state index is 11.4. The molecule has 1 rings (SSSR count). The molecule has 1 atom stereocenters. The third-order valence-corrected chi connectivity index (χ3v) is 1.81. The molecule has 0 aliphatic heterocycles. The minimum atomic E-state index is -0.483. The number of terminal acetylenes is 1. The summed E-state index contributed by atoms with van der Waals surface area (Å²) < 4.78 is 4.95. The van der Waals surface area contributed by atoms with Crippen molar-refractivity contribution in [3.05, 3.63) is 35.4 Å². The third kappa shape index (κ3) is 2.63. The largest absolute Gasteiger partial charge is 0.446 e. The molecule has 0 N–H and O–H groups in total. The molecule has 0 aliphatic rings. The van der Waals surface area contributed by atoms with Crippen LogP contribution in [-0.4, -0.2) is 12.1 Å². The first-order chi connectivity index (χ1) is 6.63. The minimum Gasteiger partial charge on any atom is -0.446 e. The van der Waals surface area contributed by atoms with Crippen LogP contribution in [0, 0.1) is 19.3 Å². The number of rotatable bonds is 2. The second-order valence-electron chi connectivity index (χ2n) is 3.08. The van der Waals surface area contributed by atoms with Crippen LogP contribution < -0.4 is 0 Å². The molecule has 0 saturated heterocycles. The normalized spacial score (nSPS) is 11.5. The first-order valence-electron chi connectivity index (χ1n) is 4.37. The third-order valence-electron chi connectivity index (χ3n) is 1.81. The summed E-state index contributed by atoms with van der Waals surface area (Å²) in [7, 11) is 0. The predicted molar refractivity (Wildman–Crippen MR) is 54.9 cm³/mol. The van der Waals surface area contributed by atoms with E-state index in [0.717, 1.165) is 5.56 Å². The van der Waals surface area contributed by atoms with Gasteiger partial charge in [-0.3, -0.25) is 0 Å². The molecule has 0 aliphatic carbocycles. The van der Waals surface area contributed by atoms with E-state index in [-0.39, 0.29) is 5.97 Å². The van der Waals surface area contributed by atoms with Gasteiger partial charge in [-0.15, -0.1) is 6.42 Å². The standard InChI is InChI=1S/C12H12O2/c1-4-10(3)14-12(13)11-7-5-9(2)6-8-11/h1,5-8,10H,2-3H3. The molecule has 72 valence electrons. The summed E-state index contributed by atoms with van der Waals surface area (Å²) in [6.07, 6.45) is 4.61. The molecule has 14 heavy (non-hydrogen) atoms. The monoisotopic (exact) mass is 188 g/mol. The highest BCUT2D eigenvalue weighted by Gasteiger charge is 2.08. The van der Waals surface area contributed by atoms with Gasteiger partial charge in [0.25, 0.3) is 0 Å². The van der Waals surface area contributed by atoms with E-state index in [1.54, 1.807) is 19.1 Å². The quantitative estimate of drug-likeness (QED) is 0.525. The maximum atomic E-state index is 11.4. The lowest BCUT2D eigenvalue weighted by Gasteiger charge is -2.06. The maximum Gasteiger partial charge on any atom is 0.339 e. The lowest BCUT2D eigenvalue weighted by Crippen LogP contribution is -2.12. The number of aryl methyl sites for hydroxylation is 1. The van der Waals surface area contributed by atoms with Crippen molar-refractivity contribution in [1.29, 1.82) is 0 Å². The van der Waals surface area contributed by atoms with E-state index in [0.29, 0.717) is 5.56 Å². The fourth-order valence-electron chi connectivity index (χ4n) is 0.952. The summed E-state index contributed by atoms with van der Waals surface area (Å²) in [6.45, 7) is 3.62. The van der Waals surface area contributed by atoms with Crippen LogP contribution in [0.3, 0.4) is 0 Å². The van der Waals surface area contributed by atoms with Gasteiger partial charge in [-0.1, -0.05) is 23.6 Å². The Morgan fingerprint density at radius 3 is 2.50 bits per heavy atom. The Morgan fingerprint density at radius 1 is 1.43 bits per heavy atom. The van der Waals surface area contributed by atoms with E-state index >= 15 is 0 Å². The molecule has 1 unspecified atom stereocenters. The van der Waals surface area contributed by atoms with E-state index in [2.05, 4.69) is 5.92 Å². The molecular formula is C12H12O2. The van der Waals surface area contributed by atoms with Gasteiger partial charge in [-0.2, -0.15) is 0 Å². The van der Waals surface area contributed by atoms with E-state index in [9.17, 15) is 4.79 Å². The first kappa shape index (κ1) is 10.3. The zero-order chi connectivity index (χ0) is 10.6. The van der Waals surface area contributed by atoms with Gasteiger partial charge in [0.15, 0.2) is 6.10 Å². The Morgan fingerprint density at radius 2 is 2.00 bits per heavy atom. The van der Waals surface area contributed by atoms with Gasteiger partial charge in [0.2, 0.25) is 0 Å². The summed E-state index contributed by atoms with van der Waals surface area (Å²) in [6, 6.07) is 7.16. The Kier molecular flexibility index (Phi) is 3.30. The van der Waals surface area contributed by atoms with Crippen molar-refractivity contribution in [2.24, 2.45) is 0 Å². The number of hydrogen-bond donors (Lipinski definition) is 0. The van der Waals surface area contributed by atoms with Crippen LogP contribution in [0.25, 0.3) is 0 Å². The summed E-state index contributed by atoms with van der Waals surface area (Å²) in [5.74, 6) is 1.95. The summed E-state index contributed by atoms with van der Waals surface area (Å²) in [5.41, 5.74) is 1.63. The zero-order valence-electron chi connectivity index (χ0n) is 8.28. The topological polar surface area (TPSA) is 26.3 Å². The van der Waals surface area contributed by atoms with Crippen LogP contribution in [0.5, 0.6) is 0 Å². The van der Waals surface area contributed by atoms with Crippen molar-refractivity contribution in [1.82, 2.24) is 0 Å². The molecule has 1 aromatic carbocycles. The second-order valence-corrected chi connectivity index (χ2v) is 3.08. The van der Waals surface area contributed by atoms with Gasteiger partial charge < -0.3 is 4.74 Å². The lowest BCUT2D eigenvalue weighted by molar-refractivity contribution is 0.0439. The van der Waals surface area contributed by atoms with Crippen molar-refractivity contribution < 1.29 is 9.53 Å². The van der Waals surface area contributed by atoms with Gasteiger partial charge in [0.1, 0.15) is 0 Å². The lowest BCUT2D eigenvalue weighted by atomic mass is 10.1. The van der Waals surface area contributed by atoms with Gasteiger partial charge in [-0.25, -0.2) is 4.79 Å². The SMILES string of the molecule is C#CC(C)OC(=O)c1ccc(C)cc1. The van der Waals surface area contributed by atoms with Crippen LogP contribution >= 0.6 is 0 Å². The second kappa shape index (κ2) is 4.48. The molecule has 0 bridgehead atoms. The molecule has 0 spiro atoms. The van der Waals surface area contributed by atoms with E-state index in [1.165, 1.54) is 0 Å². The fraction of sp³-hybridized carbons (Fsp3) is 0.250. The average Bonchev–Trinajstić information content (AvgIpc) is 2.18. The van der Waals surface area contributed by atoms with Crippen molar-refractivity contribution in [3.63, 3.8) is 0 Å². The number of carbonyl (C=O) groups excluding carboxylic acids is 1.